The Morgan fingerprint density at radius 1 is 0.911 bits per heavy atom. The van der Waals surface area contributed by atoms with Crippen LogP contribution in [0.1, 0.15) is 27.0 Å². The van der Waals surface area contributed by atoms with E-state index in [9.17, 15) is 24.4 Å². The molecule has 3 heterocycles. The molecule has 6 aromatic rings. The maximum absolute atomic E-state index is 14.5. The third-order valence-corrected chi connectivity index (χ3v) is 11.0. The highest BCUT2D eigenvalue weighted by Crippen LogP contribution is 2.33. The molecule has 13 nitrogen and oxygen atoms in total. The first-order valence-electron chi connectivity index (χ1n) is 18.1. The molecule has 2 atom stereocenters. The number of carbonyl (C=O) groups excluding carboxylic acids is 4. The summed E-state index contributed by atoms with van der Waals surface area (Å²) in [5.74, 6) is -0.838. The van der Waals surface area contributed by atoms with Gasteiger partial charge in [0.1, 0.15) is 18.8 Å². The Morgan fingerprint density at radius 3 is 2.46 bits per heavy atom. The van der Waals surface area contributed by atoms with E-state index in [2.05, 4.69) is 21.7 Å². The van der Waals surface area contributed by atoms with Crippen LogP contribution in [0.3, 0.4) is 0 Å². The number of rotatable bonds is 10. The van der Waals surface area contributed by atoms with Crippen molar-refractivity contribution in [2.24, 2.45) is 0 Å². The molecule has 2 saturated heterocycles. The molecule has 280 valence electrons. The number of nitrogens with zero attached hydrogens (tertiary/aromatic N) is 6. The van der Waals surface area contributed by atoms with Gasteiger partial charge in [-0.3, -0.25) is 14.4 Å². The minimum Gasteiger partial charge on any atom is -0.375 e. The fraction of sp³-hybridized carbons (Fsp3) is 0.190. The molecule has 0 unspecified atom stereocenters. The second-order valence-electron chi connectivity index (χ2n) is 13.7. The summed E-state index contributed by atoms with van der Waals surface area (Å²) in [6, 6.07) is 36.2. The number of piperazine rings is 1. The number of carbonyl (C=O) groups is 4. The zero-order chi connectivity index (χ0) is 38.8. The highest BCUT2D eigenvalue weighted by Gasteiger charge is 2.52. The molecular weight excluding hydrogens is 727 g/mol. The molecule has 0 saturated carbocycles. The number of benzene rings is 5. The lowest BCUT2D eigenvalue weighted by Crippen LogP contribution is -2.66. The van der Waals surface area contributed by atoms with Crippen LogP contribution in [0, 0.1) is 11.3 Å². The molecule has 0 bridgehead atoms. The number of para-hydroxylation sites is 1. The standard InChI is InChI=1S/C42H37N9O4S/c43-20-21-49(42(55)45-23-28-8-2-1-3-9-28)50-26-37(52)51-34(40(54)48(25-36(50)51)24-30-12-7-15-35-38(30)47-41(44)56-35)22-27-16-18-31(19-17-27)46-39(53)33-14-6-11-29-10-4-5-13-32(29)33/h1-19,34,36H,21-26H2,(H2,44,47)(H,45,55)(H,46,53)/t34-,36+/m0/s1. The monoisotopic (exact) mass is 763 g/mol. The molecular formula is C42H37N9O4S. The summed E-state index contributed by atoms with van der Waals surface area (Å²) in [5, 5.41) is 20.7. The van der Waals surface area contributed by atoms with Crippen molar-refractivity contribution >= 4 is 66.9 Å². The van der Waals surface area contributed by atoms with Crippen LogP contribution in [0.4, 0.5) is 15.6 Å². The maximum Gasteiger partial charge on any atom is 0.333 e. The number of hydrogen-bond acceptors (Lipinski definition) is 9. The Bertz CT molecular complexity index is 2500. The van der Waals surface area contributed by atoms with E-state index in [-0.39, 0.29) is 56.9 Å². The van der Waals surface area contributed by atoms with Crippen LogP contribution >= 0.6 is 11.3 Å². The van der Waals surface area contributed by atoms with E-state index < -0.39 is 18.2 Å². The van der Waals surface area contributed by atoms with Gasteiger partial charge in [0.2, 0.25) is 11.8 Å². The van der Waals surface area contributed by atoms with E-state index in [4.69, 9.17) is 5.73 Å². The van der Waals surface area contributed by atoms with Crippen LogP contribution in [-0.4, -0.2) is 80.4 Å². The van der Waals surface area contributed by atoms with Crippen molar-refractivity contribution in [3.8, 4) is 6.07 Å². The van der Waals surface area contributed by atoms with Crippen molar-refractivity contribution in [1.82, 2.24) is 30.1 Å². The third kappa shape index (κ3) is 7.20. The highest BCUT2D eigenvalue weighted by atomic mass is 32.1. The Kier molecular flexibility index (Phi) is 10.0. The van der Waals surface area contributed by atoms with Crippen molar-refractivity contribution in [2.75, 3.05) is 30.7 Å². The van der Waals surface area contributed by atoms with Gasteiger partial charge in [-0.15, -0.1) is 0 Å². The van der Waals surface area contributed by atoms with Gasteiger partial charge in [0.15, 0.2) is 5.13 Å². The van der Waals surface area contributed by atoms with Gasteiger partial charge in [-0.2, -0.15) is 10.3 Å². The summed E-state index contributed by atoms with van der Waals surface area (Å²) in [7, 11) is 0. The van der Waals surface area contributed by atoms with E-state index in [1.54, 1.807) is 33.0 Å². The van der Waals surface area contributed by atoms with Gasteiger partial charge >= 0.3 is 6.03 Å². The van der Waals surface area contributed by atoms with Crippen molar-refractivity contribution in [1.29, 1.82) is 5.26 Å². The van der Waals surface area contributed by atoms with Crippen LogP contribution in [-0.2, 0) is 29.1 Å². The molecule has 0 radical (unpaired) electrons. The van der Waals surface area contributed by atoms with Gasteiger partial charge in [-0.05, 0) is 51.7 Å². The lowest BCUT2D eigenvalue weighted by atomic mass is 9.99. The Hall–Kier alpha value is -6.82. The number of fused-ring (bicyclic) bond motifs is 3. The van der Waals surface area contributed by atoms with Crippen molar-refractivity contribution in [2.45, 2.75) is 31.7 Å². The summed E-state index contributed by atoms with van der Waals surface area (Å²) >= 11 is 1.36. The molecule has 2 aliphatic rings. The third-order valence-electron chi connectivity index (χ3n) is 10.2. The SMILES string of the molecule is N#CCN(C(=O)NCc1ccccc1)N1CC(=O)N2[C@@H](Cc3ccc(NC(=O)c4cccc5ccccc45)cc3)C(=O)N(Cc3cccc4sc(N)nc34)C[C@@H]21. The Labute approximate surface area is 326 Å². The fourth-order valence-electron chi connectivity index (χ4n) is 7.53. The zero-order valence-corrected chi connectivity index (χ0v) is 31.0. The van der Waals surface area contributed by atoms with Crippen molar-refractivity contribution in [3.63, 3.8) is 0 Å². The normalized spacial score (nSPS) is 16.8. The van der Waals surface area contributed by atoms with Crippen LogP contribution in [0.5, 0.6) is 0 Å². The second kappa shape index (κ2) is 15.5. The van der Waals surface area contributed by atoms with Gasteiger partial charge in [0.25, 0.3) is 5.91 Å². The molecule has 2 aliphatic heterocycles. The molecule has 5 amide bonds. The van der Waals surface area contributed by atoms with Crippen LogP contribution in [0.2, 0.25) is 0 Å². The van der Waals surface area contributed by atoms with Gasteiger partial charge in [-0.25, -0.2) is 14.8 Å². The molecule has 5 aromatic carbocycles. The summed E-state index contributed by atoms with van der Waals surface area (Å²) in [6.07, 6.45) is -0.560. The molecule has 0 aliphatic carbocycles. The van der Waals surface area contributed by atoms with E-state index in [0.717, 1.165) is 32.2 Å². The molecule has 4 N–H and O–H groups in total. The van der Waals surface area contributed by atoms with Crippen LogP contribution < -0.4 is 16.4 Å². The average Bonchev–Trinajstić information content (AvgIpc) is 3.76. The van der Waals surface area contributed by atoms with Crippen molar-refractivity contribution < 1.29 is 19.2 Å². The number of nitrogens with one attached hydrogen (secondary N) is 2. The van der Waals surface area contributed by atoms with Crippen LogP contribution in [0.25, 0.3) is 21.0 Å². The zero-order valence-electron chi connectivity index (χ0n) is 30.2. The predicted molar refractivity (Wildman–Crippen MR) is 214 cm³/mol. The number of nitrogens with two attached hydrogens (primary N) is 1. The number of amides is 5. The molecule has 56 heavy (non-hydrogen) atoms. The number of hydrogen-bond donors (Lipinski definition) is 3. The first-order valence-corrected chi connectivity index (χ1v) is 18.9. The Morgan fingerprint density at radius 2 is 1.66 bits per heavy atom. The molecule has 1 aromatic heterocycles. The number of urea groups is 1. The molecule has 0 spiro atoms. The van der Waals surface area contributed by atoms with Gasteiger partial charge in [0.05, 0.1) is 29.4 Å². The molecule has 2 fully saturated rings. The van der Waals surface area contributed by atoms with Gasteiger partial charge < -0.3 is 26.2 Å². The second-order valence-corrected chi connectivity index (χ2v) is 14.7. The minimum absolute atomic E-state index is 0.0874. The number of hydrazine groups is 1. The lowest BCUT2D eigenvalue weighted by molar-refractivity contribution is -0.157. The van der Waals surface area contributed by atoms with Gasteiger partial charge in [0, 0.05) is 30.8 Å². The number of aromatic nitrogens is 1. The van der Waals surface area contributed by atoms with Crippen molar-refractivity contribution in [3.05, 3.63) is 138 Å². The molecule has 14 heteroatoms. The number of nitriles is 1. The summed E-state index contributed by atoms with van der Waals surface area (Å²) < 4.78 is 0.892. The first-order chi connectivity index (χ1) is 27.3. The minimum atomic E-state index is -0.918. The lowest BCUT2D eigenvalue weighted by Gasteiger charge is -2.46. The predicted octanol–water partition coefficient (Wildman–Crippen LogP) is 5.36. The average molecular weight is 764 g/mol. The van der Waals surface area contributed by atoms with E-state index in [1.165, 1.54) is 16.3 Å². The summed E-state index contributed by atoms with van der Waals surface area (Å²) in [4.78, 5) is 63.2. The fourth-order valence-corrected chi connectivity index (χ4v) is 8.31. The quantitative estimate of drug-likeness (QED) is 0.157. The summed E-state index contributed by atoms with van der Waals surface area (Å²) in [6.45, 7) is 0.00831. The molecule has 8 rings (SSSR count). The maximum atomic E-state index is 14.5. The summed E-state index contributed by atoms with van der Waals surface area (Å²) in [5.41, 5.74) is 10.3. The first kappa shape index (κ1) is 36.2. The number of thiazole rings is 1. The smallest absolute Gasteiger partial charge is 0.333 e. The largest absolute Gasteiger partial charge is 0.375 e. The van der Waals surface area contributed by atoms with E-state index in [0.29, 0.717) is 21.9 Å². The van der Waals surface area contributed by atoms with E-state index in [1.807, 2.05) is 97.1 Å². The van der Waals surface area contributed by atoms with Crippen LogP contribution in [0.15, 0.2) is 115 Å². The van der Waals surface area contributed by atoms with E-state index >= 15 is 0 Å². The topological polar surface area (TPSA) is 168 Å². The number of nitrogen functional groups attached to an aromatic ring is 1. The highest BCUT2D eigenvalue weighted by molar-refractivity contribution is 7.22. The van der Waals surface area contributed by atoms with Gasteiger partial charge in [-0.1, -0.05) is 102 Å². The Balaban J connectivity index is 1.06. The number of anilines is 2.